The molecular weight excluding hydrogens is 372 g/mol. The minimum Gasteiger partial charge on any atom is -0.508 e. The van der Waals surface area contributed by atoms with Crippen LogP contribution in [0.5, 0.6) is 5.75 Å². The summed E-state index contributed by atoms with van der Waals surface area (Å²) in [6.45, 7) is 6.67. The van der Waals surface area contributed by atoms with Crippen molar-refractivity contribution in [1.82, 2.24) is 5.32 Å². The number of aromatic hydroxyl groups is 1. The van der Waals surface area contributed by atoms with Gasteiger partial charge in [0.05, 0.1) is 0 Å². The summed E-state index contributed by atoms with van der Waals surface area (Å²) in [6, 6.07) is 12.0. The first-order valence-corrected chi connectivity index (χ1v) is 9.23. The fourth-order valence-corrected chi connectivity index (χ4v) is 2.54. The van der Waals surface area contributed by atoms with Crippen molar-refractivity contribution in [3.05, 3.63) is 59.7 Å². The third-order valence-electron chi connectivity index (χ3n) is 3.94. The Balaban J connectivity index is 2.15. The third kappa shape index (κ3) is 7.29. The maximum Gasteiger partial charge on any atom is 0.408 e. The van der Waals surface area contributed by atoms with Crippen LogP contribution in [-0.4, -0.2) is 34.5 Å². The number of ether oxygens (including phenoxy) is 1. The monoisotopic (exact) mass is 398 g/mol. The molecule has 0 saturated heterocycles. The Hall–Kier alpha value is -3.35. The standard InChI is InChI=1S/C22H26N2O5/c1-14(25)16-7-9-17(10-8-16)23-20(27)19(24-21(28)29-22(2,3)4)13-15-5-11-18(26)12-6-15/h5-12,19,26H,13H2,1-4H3,(H,23,27)(H,24,28). The van der Waals surface area contributed by atoms with Gasteiger partial charge < -0.3 is 20.5 Å². The molecule has 154 valence electrons. The fourth-order valence-electron chi connectivity index (χ4n) is 2.54. The summed E-state index contributed by atoms with van der Waals surface area (Å²) in [5, 5.41) is 14.8. The van der Waals surface area contributed by atoms with Crippen molar-refractivity contribution in [2.45, 2.75) is 45.8 Å². The lowest BCUT2D eigenvalue weighted by atomic mass is 10.0. The number of rotatable bonds is 6. The van der Waals surface area contributed by atoms with Gasteiger partial charge in [-0.25, -0.2) is 4.79 Å². The highest BCUT2D eigenvalue weighted by Gasteiger charge is 2.25. The molecule has 0 radical (unpaired) electrons. The van der Waals surface area contributed by atoms with Gasteiger partial charge in [-0.1, -0.05) is 12.1 Å². The molecule has 1 atom stereocenters. The number of amides is 2. The Bertz CT molecular complexity index is 868. The lowest BCUT2D eigenvalue weighted by Crippen LogP contribution is -2.47. The quantitative estimate of drug-likeness (QED) is 0.644. The van der Waals surface area contributed by atoms with Crippen molar-refractivity contribution in [3.63, 3.8) is 0 Å². The Morgan fingerprint density at radius 3 is 2.10 bits per heavy atom. The molecule has 2 aromatic carbocycles. The zero-order chi connectivity index (χ0) is 21.6. The highest BCUT2D eigenvalue weighted by Crippen LogP contribution is 2.15. The van der Waals surface area contributed by atoms with Gasteiger partial charge in [0.1, 0.15) is 17.4 Å². The van der Waals surface area contributed by atoms with E-state index in [2.05, 4.69) is 10.6 Å². The van der Waals surface area contributed by atoms with Crippen LogP contribution < -0.4 is 10.6 Å². The number of alkyl carbamates (subject to hydrolysis) is 1. The van der Waals surface area contributed by atoms with Crippen molar-refractivity contribution < 1.29 is 24.2 Å². The molecule has 2 amide bonds. The van der Waals surface area contributed by atoms with E-state index < -0.39 is 23.6 Å². The lowest BCUT2D eigenvalue weighted by molar-refractivity contribution is -0.118. The van der Waals surface area contributed by atoms with Crippen LogP contribution in [0.15, 0.2) is 48.5 Å². The number of carbonyl (C=O) groups is 3. The van der Waals surface area contributed by atoms with Gasteiger partial charge in [-0.3, -0.25) is 9.59 Å². The normalized spacial score (nSPS) is 12.0. The smallest absolute Gasteiger partial charge is 0.408 e. The van der Waals surface area contributed by atoms with Gasteiger partial charge in [0, 0.05) is 17.7 Å². The number of Topliss-reactive ketones (excluding diaryl/α,β-unsaturated/α-hetero) is 1. The summed E-state index contributed by atoms with van der Waals surface area (Å²) in [5.41, 5.74) is 1.09. The van der Waals surface area contributed by atoms with Gasteiger partial charge in [-0.05, 0) is 69.7 Å². The van der Waals surface area contributed by atoms with E-state index in [-0.39, 0.29) is 18.0 Å². The van der Waals surface area contributed by atoms with Crippen LogP contribution in [0, 0.1) is 0 Å². The second kappa shape index (κ2) is 9.23. The zero-order valence-corrected chi connectivity index (χ0v) is 17.0. The maximum absolute atomic E-state index is 12.8. The van der Waals surface area contributed by atoms with Crippen LogP contribution in [0.25, 0.3) is 0 Å². The molecule has 0 aliphatic heterocycles. The molecule has 29 heavy (non-hydrogen) atoms. The summed E-state index contributed by atoms with van der Waals surface area (Å²) >= 11 is 0. The molecule has 0 spiro atoms. The average molecular weight is 398 g/mol. The Kier molecular flexibility index (Phi) is 6.98. The van der Waals surface area contributed by atoms with E-state index in [0.29, 0.717) is 11.3 Å². The average Bonchev–Trinajstić information content (AvgIpc) is 2.62. The van der Waals surface area contributed by atoms with Crippen molar-refractivity contribution in [1.29, 1.82) is 0 Å². The van der Waals surface area contributed by atoms with Gasteiger partial charge in [-0.15, -0.1) is 0 Å². The number of phenols is 1. The highest BCUT2D eigenvalue weighted by atomic mass is 16.6. The number of benzene rings is 2. The number of hydrogen-bond donors (Lipinski definition) is 3. The van der Waals surface area contributed by atoms with Crippen molar-refractivity contribution >= 4 is 23.5 Å². The molecule has 7 nitrogen and oxygen atoms in total. The summed E-state index contributed by atoms with van der Waals surface area (Å²) in [7, 11) is 0. The summed E-state index contributed by atoms with van der Waals surface area (Å²) in [4.78, 5) is 36.4. The Labute approximate surface area is 170 Å². The Morgan fingerprint density at radius 1 is 1.00 bits per heavy atom. The van der Waals surface area contributed by atoms with E-state index in [1.807, 2.05) is 0 Å². The van der Waals surface area contributed by atoms with Crippen LogP contribution >= 0.6 is 0 Å². The molecule has 3 N–H and O–H groups in total. The number of ketones is 1. The molecule has 0 saturated carbocycles. The topological polar surface area (TPSA) is 105 Å². The first-order chi connectivity index (χ1) is 13.5. The second-order valence-electron chi connectivity index (χ2n) is 7.69. The van der Waals surface area contributed by atoms with E-state index in [0.717, 1.165) is 5.56 Å². The summed E-state index contributed by atoms with van der Waals surface area (Å²) < 4.78 is 5.26. The largest absolute Gasteiger partial charge is 0.508 e. The molecule has 0 bridgehead atoms. The van der Waals surface area contributed by atoms with Gasteiger partial charge in [0.25, 0.3) is 0 Å². The molecule has 0 fully saturated rings. The first kappa shape index (κ1) is 21.9. The lowest BCUT2D eigenvalue weighted by Gasteiger charge is -2.23. The maximum atomic E-state index is 12.8. The van der Waals surface area contributed by atoms with Gasteiger partial charge in [0.15, 0.2) is 5.78 Å². The third-order valence-corrected chi connectivity index (χ3v) is 3.94. The number of carbonyl (C=O) groups excluding carboxylic acids is 3. The molecule has 0 aromatic heterocycles. The predicted octanol–water partition coefficient (Wildman–Crippen LogP) is 3.67. The van der Waals surface area contributed by atoms with Crippen LogP contribution in [0.2, 0.25) is 0 Å². The summed E-state index contributed by atoms with van der Waals surface area (Å²) in [6.07, 6.45) is -0.500. The van der Waals surface area contributed by atoms with Crippen molar-refractivity contribution in [2.75, 3.05) is 5.32 Å². The van der Waals surface area contributed by atoms with E-state index in [4.69, 9.17) is 4.74 Å². The molecule has 7 heteroatoms. The molecule has 0 aliphatic carbocycles. The second-order valence-corrected chi connectivity index (χ2v) is 7.69. The van der Waals surface area contributed by atoms with E-state index in [1.54, 1.807) is 57.2 Å². The van der Waals surface area contributed by atoms with Crippen molar-refractivity contribution in [3.8, 4) is 5.75 Å². The van der Waals surface area contributed by atoms with Gasteiger partial charge in [0.2, 0.25) is 5.91 Å². The highest BCUT2D eigenvalue weighted by molar-refractivity contribution is 5.98. The molecule has 0 aliphatic rings. The van der Waals surface area contributed by atoms with Crippen LogP contribution in [0.1, 0.15) is 43.6 Å². The first-order valence-electron chi connectivity index (χ1n) is 9.23. The van der Waals surface area contributed by atoms with E-state index in [9.17, 15) is 19.5 Å². The number of nitrogens with one attached hydrogen (secondary N) is 2. The molecule has 2 rings (SSSR count). The minimum absolute atomic E-state index is 0.0697. The zero-order valence-electron chi connectivity index (χ0n) is 17.0. The minimum atomic E-state index is -0.901. The fraction of sp³-hybridized carbons (Fsp3) is 0.318. The van der Waals surface area contributed by atoms with Crippen LogP contribution in [-0.2, 0) is 16.0 Å². The van der Waals surface area contributed by atoms with Gasteiger partial charge >= 0.3 is 6.09 Å². The van der Waals surface area contributed by atoms with Crippen molar-refractivity contribution in [2.24, 2.45) is 0 Å². The van der Waals surface area contributed by atoms with Crippen LogP contribution in [0.3, 0.4) is 0 Å². The van der Waals surface area contributed by atoms with Gasteiger partial charge in [-0.2, -0.15) is 0 Å². The molecule has 0 heterocycles. The molecular formula is C22H26N2O5. The van der Waals surface area contributed by atoms with E-state index >= 15 is 0 Å². The SMILES string of the molecule is CC(=O)c1ccc(NC(=O)C(Cc2ccc(O)cc2)NC(=O)OC(C)(C)C)cc1. The number of phenolic OH excluding ortho intramolecular Hbond substituents is 1. The summed E-state index contributed by atoms with van der Waals surface area (Å²) in [5.74, 6) is -0.389. The number of hydrogen-bond acceptors (Lipinski definition) is 5. The van der Waals surface area contributed by atoms with E-state index in [1.165, 1.54) is 19.1 Å². The van der Waals surface area contributed by atoms with Crippen LogP contribution in [0.4, 0.5) is 10.5 Å². The Morgan fingerprint density at radius 2 is 1.59 bits per heavy atom. The molecule has 2 aromatic rings. The predicted molar refractivity (Wildman–Crippen MR) is 110 cm³/mol. The molecule has 1 unspecified atom stereocenters. The number of anilines is 1.